The molecule has 4 nitrogen and oxygen atoms in total. The number of hydrogen-bond acceptors (Lipinski definition) is 3. The second kappa shape index (κ2) is 8.46. The molecule has 2 aromatic carbocycles. The SMILES string of the molecule is CC(C)NOC(CN(C)C(=O)c1ccccc1)c1ccccc1. The van der Waals surface area contributed by atoms with E-state index in [9.17, 15) is 4.79 Å². The molecule has 0 radical (unpaired) electrons. The van der Waals surface area contributed by atoms with E-state index in [2.05, 4.69) is 5.48 Å². The number of nitrogens with zero attached hydrogens (tertiary/aromatic N) is 1. The highest BCUT2D eigenvalue weighted by Crippen LogP contribution is 2.18. The van der Waals surface area contributed by atoms with Gasteiger partial charge in [0, 0.05) is 18.7 Å². The zero-order valence-corrected chi connectivity index (χ0v) is 13.9. The molecule has 1 N–H and O–H groups in total. The smallest absolute Gasteiger partial charge is 0.253 e. The van der Waals surface area contributed by atoms with Gasteiger partial charge in [-0.3, -0.25) is 9.63 Å². The number of rotatable bonds is 7. The zero-order chi connectivity index (χ0) is 16.7. The summed E-state index contributed by atoms with van der Waals surface area (Å²) in [5.41, 5.74) is 4.70. The van der Waals surface area contributed by atoms with Crippen molar-refractivity contribution in [3.63, 3.8) is 0 Å². The van der Waals surface area contributed by atoms with Crippen LogP contribution in [-0.4, -0.2) is 30.4 Å². The molecule has 2 rings (SSSR count). The molecule has 1 unspecified atom stereocenters. The van der Waals surface area contributed by atoms with E-state index in [1.807, 2.05) is 74.5 Å². The summed E-state index contributed by atoms with van der Waals surface area (Å²) < 4.78 is 0. The number of nitrogens with one attached hydrogen (secondary N) is 1. The minimum absolute atomic E-state index is 0.0142. The first-order valence-corrected chi connectivity index (χ1v) is 7.84. The van der Waals surface area contributed by atoms with Crippen LogP contribution in [0.25, 0.3) is 0 Å². The fourth-order valence-corrected chi connectivity index (χ4v) is 2.23. The fraction of sp³-hybridized carbons (Fsp3) is 0.316. The molecule has 0 heterocycles. The first kappa shape index (κ1) is 17.2. The van der Waals surface area contributed by atoms with Gasteiger partial charge in [0.1, 0.15) is 6.10 Å². The van der Waals surface area contributed by atoms with Crippen molar-refractivity contribution in [1.29, 1.82) is 0 Å². The van der Waals surface area contributed by atoms with Crippen LogP contribution in [0.3, 0.4) is 0 Å². The Morgan fingerprint density at radius 3 is 2.17 bits per heavy atom. The Morgan fingerprint density at radius 1 is 1.04 bits per heavy atom. The van der Waals surface area contributed by atoms with Crippen LogP contribution in [0.1, 0.15) is 35.9 Å². The molecule has 0 aliphatic rings. The number of carbonyl (C=O) groups excluding carboxylic acids is 1. The number of carbonyl (C=O) groups is 1. The van der Waals surface area contributed by atoms with E-state index in [4.69, 9.17) is 4.84 Å². The lowest BCUT2D eigenvalue weighted by molar-refractivity contribution is -0.0493. The third-order valence-electron chi connectivity index (χ3n) is 3.42. The summed E-state index contributed by atoms with van der Waals surface area (Å²) in [7, 11) is 1.80. The van der Waals surface area contributed by atoms with Crippen LogP contribution in [0.4, 0.5) is 0 Å². The molecule has 0 aliphatic heterocycles. The maximum absolute atomic E-state index is 12.5. The molecule has 0 saturated heterocycles. The Balaban J connectivity index is 2.09. The highest BCUT2D eigenvalue weighted by molar-refractivity contribution is 5.94. The monoisotopic (exact) mass is 312 g/mol. The molecule has 0 fully saturated rings. The van der Waals surface area contributed by atoms with Gasteiger partial charge in [0.05, 0.1) is 6.54 Å². The molecule has 0 aromatic heterocycles. The van der Waals surface area contributed by atoms with Gasteiger partial charge in [-0.2, -0.15) is 5.48 Å². The van der Waals surface area contributed by atoms with Gasteiger partial charge < -0.3 is 4.90 Å². The summed E-state index contributed by atoms with van der Waals surface area (Å²) in [6.07, 6.45) is -0.226. The zero-order valence-electron chi connectivity index (χ0n) is 13.9. The Bertz CT molecular complexity index is 599. The van der Waals surface area contributed by atoms with Gasteiger partial charge in [0.2, 0.25) is 0 Å². The van der Waals surface area contributed by atoms with Crippen LogP contribution in [0, 0.1) is 0 Å². The third-order valence-corrected chi connectivity index (χ3v) is 3.42. The predicted octanol–water partition coefficient (Wildman–Crippen LogP) is 3.43. The lowest BCUT2D eigenvalue weighted by Gasteiger charge is -2.25. The number of hydroxylamine groups is 1. The molecular formula is C19H24N2O2. The van der Waals surface area contributed by atoms with E-state index in [1.165, 1.54) is 0 Å². The van der Waals surface area contributed by atoms with Gasteiger partial charge in [-0.15, -0.1) is 0 Å². The van der Waals surface area contributed by atoms with Gasteiger partial charge in [0.25, 0.3) is 5.91 Å². The molecule has 0 bridgehead atoms. The Labute approximate surface area is 138 Å². The predicted molar refractivity (Wildman–Crippen MR) is 91.9 cm³/mol. The summed E-state index contributed by atoms with van der Waals surface area (Å²) in [6.45, 7) is 4.50. The molecule has 4 heteroatoms. The fourth-order valence-electron chi connectivity index (χ4n) is 2.23. The van der Waals surface area contributed by atoms with E-state index in [1.54, 1.807) is 11.9 Å². The van der Waals surface area contributed by atoms with Gasteiger partial charge in [-0.05, 0) is 31.5 Å². The summed E-state index contributed by atoms with van der Waals surface area (Å²) in [5.74, 6) is -0.0142. The number of likely N-dealkylation sites (N-methyl/N-ethyl adjacent to an activating group) is 1. The molecule has 0 saturated carbocycles. The first-order valence-electron chi connectivity index (χ1n) is 7.84. The molecular weight excluding hydrogens is 288 g/mol. The standard InChI is InChI=1S/C19H24N2O2/c1-15(2)20-23-18(16-10-6-4-7-11-16)14-21(3)19(22)17-12-8-5-9-13-17/h4-13,15,18,20H,14H2,1-3H3. The van der Waals surface area contributed by atoms with Gasteiger partial charge >= 0.3 is 0 Å². The summed E-state index contributed by atoms with van der Waals surface area (Å²) >= 11 is 0. The molecule has 122 valence electrons. The van der Waals surface area contributed by atoms with E-state index in [-0.39, 0.29) is 18.1 Å². The number of amides is 1. The molecule has 0 aliphatic carbocycles. The van der Waals surface area contributed by atoms with Crippen LogP contribution in [-0.2, 0) is 4.84 Å². The van der Waals surface area contributed by atoms with Gasteiger partial charge in [-0.1, -0.05) is 48.5 Å². The lowest BCUT2D eigenvalue weighted by atomic mass is 10.1. The molecule has 1 amide bonds. The lowest BCUT2D eigenvalue weighted by Crippen LogP contribution is -2.35. The minimum Gasteiger partial charge on any atom is -0.339 e. The van der Waals surface area contributed by atoms with Crippen molar-refractivity contribution >= 4 is 5.91 Å². The van der Waals surface area contributed by atoms with Gasteiger partial charge in [0.15, 0.2) is 0 Å². The van der Waals surface area contributed by atoms with Crippen LogP contribution < -0.4 is 5.48 Å². The summed E-state index contributed by atoms with van der Waals surface area (Å²) in [4.78, 5) is 20.0. The van der Waals surface area contributed by atoms with Crippen LogP contribution >= 0.6 is 0 Å². The summed E-state index contributed by atoms with van der Waals surface area (Å²) in [5, 5.41) is 0. The van der Waals surface area contributed by atoms with Gasteiger partial charge in [-0.25, -0.2) is 0 Å². The topological polar surface area (TPSA) is 41.6 Å². The van der Waals surface area contributed by atoms with Crippen molar-refractivity contribution in [1.82, 2.24) is 10.4 Å². The molecule has 0 spiro atoms. The quantitative estimate of drug-likeness (QED) is 0.796. The van der Waals surface area contributed by atoms with Crippen molar-refractivity contribution in [3.8, 4) is 0 Å². The second-order valence-electron chi connectivity index (χ2n) is 5.84. The first-order chi connectivity index (χ1) is 11.1. The summed E-state index contributed by atoms with van der Waals surface area (Å²) in [6, 6.07) is 19.4. The van der Waals surface area contributed by atoms with E-state index < -0.39 is 0 Å². The maximum atomic E-state index is 12.5. The Hall–Kier alpha value is -2.17. The highest BCUT2D eigenvalue weighted by Gasteiger charge is 2.19. The van der Waals surface area contributed by atoms with Crippen molar-refractivity contribution < 1.29 is 9.63 Å². The van der Waals surface area contributed by atoms with E-state index in [0.717, 1.165) is 5.56 Å². The average Bonchev–Trinajstić information content (AvgIpc) is 2.59. The number of benzene rings is 2. The van der Waals surface area contributed by atoms with Crippen LogP contribution in [0.15, 0.2) is 60.7 Å². The largest absolute Gasteiger partial charge is 0.339 e. The van der Waals surface area contributed by atoms with Crippen molar-refractivity contribution in [2.45, 2.75) is 26.0 Å². The van der Waals surface area contributed by atoms with E-state index in [0.29, 0.717) is 12.1 Å². The highest BCUT2D eigenvalue weighted by atomic mass is 16.7. The molecule has 2 aromatic rings. The normalized spacial score (nSPS) is 12.2. The van der Waals surface area contributed by atoms with E-state index >= 15 is 0 Å². The molecule has 1 atom stereocenters. The minimum atomic E-state index is -0.226. The van der Waals surface area contributed by atoms with Crippen LogP contribution in [0.5, 0.6) is 0 Å². The average molecular weight is 312 g/mol. The van der Waals surface area contributed by atoms with Crippen molar-refractivity contribution in [2.75, 3.05) is 13.6 Å². The Morgan fingerprint density at radius 2 is 1.61 bits per heavy atom. The molecule has 23 heavy (non-hydrogen) atoms. The van der Waals surface area contributed by atoms with Crippen molar-refractivity contribution in [3.05, 3.63) is 71.8 Å². The van der Waals surface area contributed by atoms with Crippen LogP contribution in [0.2, 0.25) is 0 Å². The third kappa shape index (κ3) is 5.20. The van der Waals surface area contributed by atoms with Crippen molar-refractivity contribution in [2.24, 2.45) is 0 Å². The Kier molecular flexibility index (Phi) is 6.32. The maximum Gasteiger partial charge on any atom is 0.253 e. The number of hydrogen-bond donors (Lipinski definition) is 1. The second-order valence-corrected chi connectivity index (χ2v) is 5.84.